The molecule has 1 aliphatic rings. The Labute approximate surface area is 149 Å². The third-order valence-corrected chi connectivity index (χ3v) is 6.25. The minimum atomic E-state index is -3.66. The van der Waals surface area contributed by atoms with Crippen LogP contribution in [0.4, 0.5) is 0 Å². The molecule has 0 spiro atoms. The van der Waals surface area contributed by atoms with Gasteiger partial charge in [0.1, 0.15) is 0 Å². The van der Waals surface area contributed by atoms with Crippen LogP contribution >= 0.6 is 23.2 Å². The van der Waals surface area contributed by atoms with E-state index in [-0.39, 0.29) is 36.2 Å². The Morgan fingerprint density at radius 1 is 1.42 bits per heavy atom. The molecule has 0 amide bonds. The molecule has 10 heteroatoms. The molecule has 0 aliphatic carbocycles. The predicted molar refractivity (Wildman–Crippen MR) is 88.2 cm³/mol. The number of halogens is 2. The molecule has 3 rings (SSSR count). The number of benzene rings is 1. The minimum Gasteiger partial charge on any atom is -0.379 e. The van der Waals surface area contributed by atoms with Crippen LogP contribution < -0.4 is 0 Å². The van der Waals surface area contributed by atoms with Crippen LogP contribution in [-0.2, 0) is 21.4 Å². The van der Waals surface area contributed by atoms with Gasteiger partial charge in [0.2, 0.25) is 10.0 Å². The molecule has 7 nitrogen and oxygen atoms in total. The van der Waals surface area contributed by atoms with Crippen LogP contribution in [0.2, 0.25) is 10.0 Å². The fourth-order valence-electron chi connectivity index (χ4n) is 2.58. The van der Waals surface area contributed by atoms with Crippen molar-refractivity contribution < 1.29 is 18.0 Å². The zero-order chi connectivity index (χ0) is 17.5. The molecule has 1 aromatic carbocycles. The molecule has 1 aliphatic heterocycles. The van der Waals surface area contributed by atoms with Gasteiger partial charge in [-0.15, -0.1) is 0 Å². The fraction of sp³-hybridized carbons (Fsp3) is 0.429. The molecule has 1 saturated heterocycles. The molecule has 2 heterocycles. The van der Waals surface area contributed by atoms with Gasteiger partial charge in [0.25, 0.3) is 5.89 Å². The quantitative estimate of drug-likeness (QED) is 0.856. The molecule has 0 unspecified atom stereocenters. The predicted octanol–water partition coefficient (Wildman–Crippen LogP) is 2.11. The SMILES string of the molecule is Cc1noc([C@]2(O)CCN(S(=O)(=O)Cc3ccc(Cl)cc3Cl)C2)n1. The molecule has 0 saturated carbocycles. The van der Waals surface area contributed by atoms with E-state index in [9.17, 15) is 13.5 Å². The van der Waals surface area contributed by atoms with E-state index in [0.29, 0.717) is 16.4 Å². The number of aromatic nitrogens is 2. The highest BCUT2D eigenvalue weighted by molar-refractivity contribution is 7.88. The number of nitrogens with zero attached hydrogens (tertiary/aromatic N) is 3. The standard InChI is InChI=1S/C14H15Cl2N3O4S/c1-9-17-13(23-18-9)14(20)4-5-19(8-14)24(21,22)7-10-2-3-11(15)6-12(10)16/h2-3,6,20H,4-5,7-8H2,1H3/t14-/m0/s1. The van der Waals surface area contributed by atoms with Gasteiger partial charge in [0.05, 0.1) is 12.3 Å². The van der Waals surface area contributed by atoms with Crippen LogP contribution in [0.3, 0.4) is 0 Å². The lowest BCUT2D eigenvalue weighted by atomic mass is 10.0. The first kappa shape index (κ1) is 17.6. The van der Waals surface area contributed by atoms with Crippen molar-refractivity contribution >= 4 is 33.2 Å². The van der Waals surface area contributed by atoms with E-state index >= 15 is 0 Å². The summed E-state index contributed by atoms with van der Waals surface area (Å²) in [6.45, 7) is 1.65. The zero-order valence-corrected chi connectivity index (χ0v) is 15.1. The van der Waals surface area contributed by atoms with Crippen molar-refractivity contribution in [3.63, 3.8) is 0 Å². The normalized spacial score (nSPS) is 22.2. The number of β-amino-alcohol motifs (C(OH)–C–C–N with tert-alkyl or cyclic N) is 1. The molecular formula is C14H15Cl2N3O4S. The molecule has 1 N–H and O–H groups in total. The van der Waals surface area contributed by atoms with E-state index in [1.807, 2.05) is 0 Å². The second-order valence-corrected chi connectivity index (χ2v) is 8.57. The second-order valence-electron chi connectivity index (χ2n) is 5.75. The van der Waals surface area contributed by atoms with E-state index in [1.54, 1.807) is 19.1 Å². The lowest BCUT2D eigenvalue weighted by molar-refractivity contribution is 0.0194. The molecule has 1 atom stereocenters. The number of hydrogen-bond acceptors (Lipinski definition) is 6. The largest absolute Gasteiger partial charge is 0.379 e. The van der Waals surface area contributed by atoms with Crippen LogP contribution in [0.25, 0.3) is 0 Å². The lowest BCUT2D eigenvalue weighted by Gasteiger charge is -2.20. The molecule has 1 aromatic heterocycles. The maximum atomic E-state index is 12.6. The van der Waals surface area contributed by atoms with E-state index in [4.69, 9.17) is 27.7 Å². The Morgan fingerprint density at radius 2 is 2.17 bits per heavy atom. The Hall–Kier alpha value is -1.19. The first-order chi connectivity index (χ1) is 11.2. The Balaban J connectivity index is 1.79. The van der Waals surface area contributed by atoms with Crippen molar-refractivity contribution in [2.45, 2.75) is 24.7 Å². The van der Waals surface area contributed by atoms with E-state index in [0.717, 1.165) is 0 Å². The molecular weight excluding hydrogens is 377 g/mol. The maximum Gasteiger partial charge on any atom is 0.260 e. The average Bonchev–Trinajstić information content (AvgIpc) is 3.10. The van der Waals surface area contributed by atoms with Gasteiger partial charge in [-0.1, -0.05) is 34.4 Å². The number of hydrogen-bond donors (Lipinski definition) is 1. The van der Waals surface area contributed by atoms with Gasteiger partial charge in [0.15, 0.2) is 11.4 Å². The van der Waals surface area contributed by atoms with Gasteiger partial charge in [-0.2, -0.15) is 9.29 Å². The third-order valence-electron chi connectivity index (χ3n) is 3.88. The van der Waals surface area contributed by atoms with Gasteiger partial charge in [0, 0.05) is 23.0 Å². The summed E-state index contributed by atoms with van der Waals surface area (Å²) in [5, 5.41) is 15.0. The van der Waals surface area contributed by atoms with Gasteiger partial charge in [-0.25, -0.2) is 8.42 Å². The van der Waals surface area contributed by atoms with Crippen LogP contribution in [-0.4, -0.2) is 41.1 Å². The molecule has 24 heavy (non-hydrogen) atoms. The van der Waals surface area contributed by atoms with Crippen molar-refractivity contribution in [3.8, 4) is 0 Å². The summed E-state index contributed by atoms with van der Waals surface area (Å²) in [4.78, 5) is 4.00. The topological polar surface area (TPSA) is 96.5 Å². The van der Waals surface area contributed by atoms with E-state index in [2.05, 4.69) is 10.1 Å². The number of aryl methyl sites for hydroxylation is 1. The molecule has 2 aromatic rings. The summed E-state index contributed by atoms with van der Waals surface area (Å²) in [6.07, 6.45) is 0.183. The molecule has 0 bridgehead atoms. The first-order valence-corrected chi connectivity index (χ1v) is 9.51. The van der Waals surface area contributed by atoms with Gasteiger partial charge >= 0.3 is 0 Å². The summed E-state index contributed by atoms with van der Waals surface area (Å²) in [7, 11) is -3.66. The highest BCUT2D eigenvalue weighted by Gasteiger charge is 2.46. The van der Waals surface area contributed by atoms with E-state index < -0.39 is 15.6 Å². The highest BCUT2D eigenvalue weighted by atomic mass is 35.5. The van der Waals surface area contributed by atoms with Crippen LogP contribution in [0.15, 0.2) is 22.7 Å². The highest BCUT2D eigenvalue weighted by Crippen LogP contribution is 2.33. The maximum absolute atomic E-state index is 12.6. The van der Waals surface area contributed by atoms with Crippen molar-refractivity contribution in [1.29, 1.82) is 0 Å². The van der Waals surface area contributed by atoms with Crippen molar-refractivity contribution in [1.82, 2.24) is 14.4 Å². The Kier molecular flexibility index (Phi) is 4.61. The van der Waals surface area contributed by atoms with Crippen molar-refractivity contribution in [2.75, 3.05) is 13.1 Å². The monoisotopic (exact) mass is 391 g/mol. The smallest absolute Gasteiger partial charge is 0.260 e. The lowest BCUT2D eigenvalue weighted by Crippen LogP contribution is -2.35. The molecule has 130 valence electrons. The second kappa shape index (κ2) is 6.27. The fourth-order valence-corrected chi connectivity index (χ4v) is 4.75. The van der Waals surface area contributed by atoms with Gasteiger partial charge in [-0.05, 0) is 24.6 Å². The summed E-state index contributed by atoms with van der Waals surface area (Å²) >= 11 is 11.9. The van der Waals surface area contributed by atoms with Gasteiger partial charge < -0.3 is 9.63 Å². The zero-order valence-electron chi connectivity index (χ0n) is 12.7. The average molecular weight is 392 g/mol. The van der Waals surface area contributed by atoms with Gasteiger partial charge in [-0.3, -0.25) is 0 Å². The summed E-state index contributed by atoms with van der Waals surface area (Å²) in [6, 6.07) is 4.65. The number of aliphatic hydroxyl groups is 1. The number of rotatable bonds is 4. The van der Waals surface area contributed by atoms with Crippen LogP contribution in [0.1, 0.15) is 23.7 Å². The summed E-state index contributed by atoms with van der Waals surface area (Å²) < 4.78 is 31.4. The van der Waals surface area contributed by atoms with Crippen LogP contribution in [0, 0.1) is 6.92 Å². The van der Waals surface area contributed by atoms with Crippen molar-refractivity contribution in [3.05, 3.63) is 45.5 Å². The summed E-state index contributed by atoms with van der Waals surface area (Å²) in [5.41, 5.74) is -1.02. The van der Waals surface area contributed by atoms with Crippen molar-refractivity contribution in [2.24, 2.45) is 0 Å². The third kappa shape index (κ3) is 3.43. The van der Waals surface area contributed by atoms with E-state index in [1.165, 1.54) is 10.4 Å². The Bertz CT molecular complexity index is 871. The Morgan fingerprint density at radius 3 is 2.79 bits per heavy atom. The number of sulfonamides is 1. The minimum absolute atomic E-state index is 0.0298. The summed E-state index contributed by atoms with van der Waals surface area (Å²) in [5.74, 6) is 0.136. The molecule has 0 radical (unpaired) electrons. The first-order valence-electron chi connectivity index (χ1n) is 7.14. The van der Waals surface area contributed by atoms with Crippen LogP contribution in [0.5, 0.6) is 0 Å². The molecule has 1 fully saturated rings.